The maximum atomic E-state index is 12.6. The van der Waals surface area contributed by atoms with Gasteiger partial charge in [-0.25, -0.2) is 0 Å². The quantitative estimate of drug-likeness (QED) is 0.683. The highest BCUT2D eigenvalue weighted by molar-refractivity contribution is 5.76. The van der Waals surface area contributed by atoms with Crippen LogP contribution in [0.4, 0.5) is 11.6 Å². The summed E-state index contributed by atoms with van der Waals surface area (Å²) in [4.78, 5) is 21.6. The largest absolute Gasteiger partial charge is 0.353 e. The van der Waals surface area contributed by atoms with Gasteiger partial charge in [0.25, 0.3) is 0 Å². The summed E-state index contributed by atoms with van der Waals surface area (Å²) in [5.41, 5.74) is 1.30. The van der Waals surface area contributed by atoms with Gasteiger partial charge in [0.05, 0.1) is 0 Å². The number of rotatable bonds is 7. The Labute approximate surface area is 185 Å². The van der Waals surface area contributed by atoms with E-state index in [4.69, 9.17) is 0 Å². The van der Waals surface area contributed by atoms with E-state index in [1.54, 1.807) is 0 Å². The molecule has 2 saturated heterocycles. The van der Waals surface area contributed by atoms with E-state index in [0.29, 0.717) is 6.42 Å². The van der Waals surface area contributed by atoms with E-state index in [1.807, 2.05) is 11.0 Å². The first kappa shape index (κ1) is 21.6. The van der Waals surface area contributed by atoms with Crippen LogP contribution in [0, 0.1) is 0 Å². The first-order valence-electron chi connectivity index (χ1n) is 11.6. The highest BCUT2D eigenvalue weighted by Gasteiger charge is 2.22. The van der Waals surface area contributed by atoms with Gasteiger partial charge in [0.1, 0.15) is 0 Å². The SMILES string of the molecule is CCN1CCN(c2ccc(N3CCN(C(=O)CCCc4ccccc4)CC3)nn2)CC1. The normalized spacial score (nSPS) is 17.8. The van der Waals surface area contributed by atoms with Crippen LogP contribution >= 0.6 is 0 Å². The molecule has 3 heterocycles. The summed E-state index contributed by atoms with van der Waals surface area (Å²) in [7, 11) is 0. The molecule has 0 bridgehead atoms. The monoisotopic (exact) mass is 422 g/mol. The van der Waals surface area contributed by atoms with Crippen LogP contribution in [0.25, 0.3) is 0 Å². The van der Waals surface area contributed by atoms with E-state index < -0.39 is 0 Å². The summed E-state index contributed by atoms with van der Waals surface area (Å²) in [5.74, 6) is 2.14. The first-order valence-corrected chi connectivity index (χ1v) is 11.6. The Kier molecular flexibility index (Phi) is 7.35. The predicted molar refractivity (Wildman–Crippen MR) is 125 cm³/mol. The number of aryl methyl sites for hydroxylation is 1. The van der Waals surface area contributed by atoms with Crippen molar-refractivity contribution in [2.45, 2.75) is 26.2 Å². The van der Waals surface area contributed by atoms with Gasteiger partial charge >= 0.3 is 0 Å². The summed E-state index contributed by atoms with van der Waals surface area (Å²) in [6.07, 6.45) is 2.49. The van der Waals surface area contributed by atoms with Crippen molar-refractivity contribution in [2.75, 3.05) is 68.7 Å². The number of aromatic nitrogens is 2. The number of benzene rings is 1. The number of anilines is 2. The van der Waals surface area contributed by atoms with Crippen LogP contribution in [0.3, 0.4) is 0 Å². The van der Waals surface area contributed by atoms with Crippen LogP contribution in [0.1, 0.15) is 25.3 Å². The maximum absolute atomic E-state index is 12.6. The molecule has 4 rings (SSSR count). The zero-order valence-electron chi connectivity index (χ0n) is 18.6. The lowest BCUT2D eigenvalue weighted by atomic mass is 10.1. The number of hydrogen-bond acceptors (Lipinski definition) is 6. The van der Waals surface area contributed by atoms with E-state index in [0.717, 1.165) is 83.4 Å². The molecule has 2 aromatic rings. The molecule has 0 radical (unpaired) electrons. The summed E-state index contributed by atoms with van der Waals surface area (Å²) < 4.78 is 0. The van der Waals surface area contributed by atoms with Crippen LogP contribution in [0.15, 0.2) is 42.5 Å². The highest BCUT2D eigenvalue weighted by atomic mass is 16.2. The Morgan fingerprint density at radius 3 is 1.94 bits per heavy atom. The fourth-order valence-electron chi connectivity index (χ4n) is 4.38. The Morgan fingerprint density at radius 1 is 0.806 bits per heavy atom. The average molecular weight is 423 g/mol. The highest BCUT2D eigenvalue weighted by Crippen LogP contribution is 2.18. The predicted octanol–water partition coefficient (Wildman–Crippen LogP) is 2.29. The van der Waals surface area contributed by atoms with Gasteiger partial charge in [-0.1, -0.05) is 37.3 Å². The third-order valence-corrected chi connectivity index (χ3v) is 6.44. The minimum absolute atomic E-state index is 0.267. The Bertz CT molecular complexity index is 812. The second-order valence-electron chi connectivity index (χ2n) is 8.38. The van der Waals surface area contributed by atoms with Gasteiger partial charge in [0.2, 0.25) is 5.91 Å². The number of likely N-dealkylation sites (N-methyl/N-ethyl adjacent to an activating group) is 1. The molecule has 2 aliphatic heterocycles. The van der Waals surface area contributed by atoms with E-state index in [-0.39, 0.29) is 5.91 Å². The molecule has 1 aromatic heterocycles. The molecule has 7 nitrogen and oxygen atoms in total. The molecule has 1 aromatic carbocycles. The molecule has 0 saturated carbocycles. The van der Waals surface area contributed by atoms with Crippen molar-refractivity contribution in [2.24, 2.45) is 0 Å². The number of carbonyl (C=O) groups is 1. The van der Waals surface area contributed by atoms with Crippen molar-refractivity contribution in [1.82, 2.24) is 20.0 Å². The fourth-order valence-corrected chi connectivity index (χ4v) is 4.38. The molecule has 166 valence electrons. The Morgan fingerprint density at radius 2 is 1.39 bits per heavy atom. The zero-order valence-corrected chi connectivity index (χ0v) is 18.6. The van der Waals surface area contributed by atoms with E-state index in [1.165, 1.54) is 5.56 Å². The molecular formula is C24H34N6O. The van der Waals surface area contributed by atoms with E-state index >= 15 is 0 Å². The molecular weight excluding hydrogens is 388 g/mol. The number of carbonyl (C=O) groups excluding carboxylic acids is 1. The minimum Gasteiger partial charge on any atom is -0.353 e. The molecule has 0 aliphatic carbocycles. The molecule has 0 unspecified atom stereocenters. The number of hydrogen-bond donors (Lipinski definition) is 0. The lowest BCUT2D eigenvalue weighted by molar-refractivity contribution is -0.131. The lowest BCUT2D eigenvalue weighted by Gasteiger charge is -2.36. The fraction of sp³-hybridized carbons (Fsp3) is 0.542. The summed E-state index contributed by atoms with van der Waals surface area (Å²) in [5, 5.41) is 8.97. The van der Waals surface area contributed by atoms with Crippen LogP contribution in [-0.4, -0.2) is 84.8 Å². The molecule has 0 N–H and O–H groups in total. The van der Waals surface area contributed by atoms with E-state index in [9.17, 15) is 4.79 Å². The van der Waals surface area contributed by atoms with Crippen molar-refractivity contribution in [1.29, 1.82) is 0 Å². The molecule has 0 atom stereocenters. The smallest absolute Gasteiger partial charge is 0.222 e. The van der Waals surface area contributed by atoms with Gasteiger partial charge in [-0.3, -0.25) is 4.79 Å². The molecule has 31 heavy (non-hydrogen) atoms. The molecule has 7 heteroatoms. The van der Waals surface area contributed by atoms with Gasteiger partial charge in [-0.05, 0) is 37.1 Å². The van der Waals surface area contributed by atoms with Crippen LogP contribution in [0.5, 0.6) is 0 Å². The second kappa shape index (κ2) is 10.6. The Balaban J connectivity index is 1.21. The summed E-state index contributed by atoms with van der Waals surface area (Å²) in [6, 6.07) is 14.5. The zero-order chi connectivity index (χ0) is 21.5. The first-order chi connectivity index (χ1) is 15.2. The van der Waals surface area contributed by atoms with Gasteiger partial charge < -0.3 is 19.6 Å². The summed E-state index contributed by atoms with van der Waals surface area (Å²) >= 11 is 0. The second-order valence-corrected chi connectivity index (χ2v) is 8.38. The number of nitrogens with zero attached hydrogens (tertiary/aromatic N) is 6. The Hall–Kier alpha value is -2.67. The van der Waals surface area contributed by atoms with Crippen molar-refractivity contribution in [3.05, 3.63) is 48.0 Å². The average Bonchev–Trinajstić information content (AvgIpc) is 2.85. The lowest BCUT2D eigenvalue weighted by Crippen LogP contribution is -2.49. The molecule has 0 spiro atoms. The van der Waals surface area contributed by atoms with E-state index in [2.05, 4.69) is 68.2 Å². The van der Waals surface area contributed by atoms with Gasteiger partial charge in [-0.15, -0.1) is 10.2 Å². The van der Waals surface area contributed by atoms with Crippen LogP contribution < -0.4 is 9.80 Å². The number of amides is 1. The third-order valence-electron chi connectivity index (χ3n) is 6.44. The third kappa shape index (κ3) is 5.73. The molecule has 2 fully saturated rings. The van der Waals surface area contributed by atoms with Crippen molar-refractivity contribution in [3.8, 4) is 0 Å². The molecule has 2 aliphatic rings. The van der Waals surface area contributed by atoms with Gasteiger partial charge in [0.15, 0.2) is 11.6 Å². The van der Waals surface area contributed by atoms with Crippen LogP contribution in [0.2, 0.25) is 0 Å². The molecule has 1 amide bonds. The van der Waals surface area contributed by atoms with Crippen LogP contribution in [-0.2, 0) is 11.2 Å². The van der Waals surface area contributed by atoms with Gasteiger partial charge in [0, 0.05) is 58.8 Å². The van der Waals surface area contributed by atoms with Crippen molar-refractivity contribution >= 4 is 17.5 Å². The van der Waals surface area contributed by atoms with Crippen molar-refractivity contribution < 1.29 is 4.79 Å². The van der Waals surface area contributed by atoms with Gasteiger partial charge in [-0.2, -0.15) is 0 Å². The topological polar surface area (TPSA) is 55.8 Å². The maximum Gasteiger partial charge on any atom is 0.222 e. The summed E-state index contributed by atoms with van der Waals surface area (Å²) in [6.45, 7) is 10.6. The number of piperazine rings is 2. The van der Waals surface area contributed by atoms with Crippen molar-refractivity contribution in [3.63, 3.8) is 0 Å². The minimum atomic E-state index is 0.267. The standard InChI is InChI=1S/C24H34N6O/c1-2-27-13-15-28(16-14-27)22-11-12-23(26-25-22)29-17-19-30(20-18-29)24(31)10-6-9-21-7-4-3-5-8-21/h3-5,7-8,11-12H,2,6,9-10,13-20H2,1H3.